The highest BCUT2D eigenvalue weighted by molar-refractivity contribution is 6.30. The summed E-state index contributed by atoms with van der Waals surface area (Å²) in [6.07, 6.45) is 4.51. The molecule has 0 aromatic heterocycles. The Morgan fingerprint density at radius 1 is 1.21 bits per heavy atom. The molecule has 0 radical (unpaired) electrons. The second-order valence-corrected chi connectivity index (χ2v) is 7.54. The molecule has 1 N–H and O–H groups in total. The molecule has 1 aliphatic carbocycles. The molecule has 0 spiro atoms. The SMILES string of the molecule is O=C(c1ccc(Cl)cc1O)N1CC[C@H]2[C@H](CCC(=O)N2C2CC2)C1. The normalized spacial score (nSPS) is 27.1. The first-order valence-corrected chi connectivity index (χ1v) is 9.01. The molecule has 2 heterocycles. The zero-order chi connectivity index (χ0) is 16.8. The fourth-order valence-electron chi connectivity index (χ4n) is 4.16. The standard InChI is InChI=1S/C18H21ClN2O3/c19-12-2-5-14(16(22)9-12)18(24)20-8-7-15-11(10-20)1-6-17(23)21(15)13-3-4-13/h2,5,9,11,13,15,22H,1,3-4,6-8,10H2/t11-,15+/m1/s1. The topological polar surface area (TPSA) is 60.9 Å². The first kappa shape index (κ1) is 15.8. The Balaban J connectivity index is 1.50. The van der Waals surface area contributed by atoms with Gasteiger partial charge in [0.2, 0.25) is 5.91 Å². The lowest BCUT2D eigenvalue weighted by Crippen LogP contribution is -2.57. The number of amides is 2. The van der Waals surface area contributed by atoms with Gasteiger partial charge in [-0.15, -0.1) is 0 Å². The molecule has 1 aromatic rings. The number of likely N-dealkylation sites (tertiary alicyclic amines) is 2. The van der Waals surface area contributed by atoms with Gasteiger partial charge in [0, 0.05) is 36.6 Å². The molecule has 1 aromatic carbocycles. The number of hydrogen-bond acceptors (Lipinski definition) is 3. The van der Waals surface area contributed by atoms with E-state index in [0.717, 1.165) is 25.7 Å². The van der Waals surface area contributed by atoms with E-state index in [9.17, 15) is 14.7 Å². The molecular weight excluding hydrogens is 328 g/mol. The predicted molar refractivity (Wildman–Crippen MR) is 90.0 cm³/mol. The van der Waals surface area contributed by atoms with Gasteiger partial charge in [0.1, 0.15) is 5.75 Å². The van der Waals surface area contributed by atoms with Crippen LogP contribution in [0.5, 0.6) is 5.75 Å². The highest BCUT2D eigenvalue weighted by atomic mass is 35.5. The van der Waals surface area contributed by atoms with Crippen molar-refractivity contribution in [3.63, 3.8) is 0 Å². The van der Waals surface area contributed by atoms with Crippen molar-refractivity contribution in [3.8, 4) is 5.75 Å². The maximum absolute atomic E-state index is 12.7. The molecule has 6 heteroatoms. The average Bonchev–Trinajstić information content (AvgIpc) is 3.38. The van der Waals surface area contributed by atoms with Gasteiger partial charge in [0.25, 0.3) is 5.91 Å². The number of benzene rings is 1. The van der Waals surface area contributed by atoms with Crippen LogP contribution in [-0.4, -0.2) is 51.9 Å². The van der Waals surface area contributed by atoms with Crippen LogP contribution in [0.1, 0.15) is 42.5 Å². The van der Waals surface area contributed by atoms with E-state index in [1.165, 1.54) is 6.07 Å². The Bertz CT molecular complexity index is 689. The van der Waals surface area contributed by atoms with Crippen molar-refractivity contribution in [1.82, 2.24) is 9.80 Å². The van der Waals surface area contributed by atoms with Gasteiger partial charge in [-0.05, 0) is 49.8 Å². The molecule has 4 rings (SSSR count). The van der Waals surface area contributed by atoms with Crippen molar-refractivity contribution >= 4 is 23.4 Å². The number of fused-ring (bicyclic) bond motifs is 1. The molecule has 2 amide bonds. The molecule has 0 bridgehead atoms. The predicted octanol–water partition coefficient (Wildman–Crippen LogP) is 2.66. The molecule has 3 aliphatic rings. The van der Waals surface area contributed by atoms with Crippen LogP contribution in [0.25, 0.3) is 0 Å². The maximum Gasteiger partial charge on any atom is 0.257 e. The molecular formula is C18H21ClN2O3. The van der Waals surface area contributed by atoms with Crippen LogP contribution in [-0.2, 0) is 4.79 Å². The molecule has 2 saturated heterocycles. The summed E-state index contributed by atoms with van der Waals surface area (Å²) >= 11 is 5.84. The summed E-state index contributed by atoms with van der Waals surface area (Å²) in [7, 11) is 0. The number of hydrogen-bond donors (Lipinski definition) is 1. The van der Waals surface area contributed by atoms with E-state index in [1.54, 1.807) is 12.1 Å². The van der Waals surface area contributed by atoms with Crippen molar-refractivity contribution < 1.29 is 14.7 Å². The second kappa shape index (κ2) is 5.96. The van der Waals surface area contributed by atoms with E-state index in [2.05, 4.69) is 4.90 Å². The third-order valence-electron chi connectivity index (χ3n) is 5.49. The summed E-state index contributed by atoms with van der Waals surface area (Å²) in [6, 6.07) is 5.31. The molecule has 2 aliphatic heterocycles. The summed E-state index contributed by atoms with van der Waals surface area (Å²) in [5.41, 5.74) is 0.295. The molecule has 0 unspecified atom stereocenters. The lowest BCUT2D eigenvalue weighted by Gasteiger charge is -2.47. The number of phenols is 1. The Morgan fingerprint density at radius 2 is 2.00 bits per heavy atom. The maximum atomic E-state index is 12.7. The van der Waals surface area contributed by atoms with E-state index in [4.69, 9.17) is 11.6 Å². The fourth-order valence-corrected chi connectivity index (χ4v) is 4.33. The molecule has 3 fully saturated rings. The van der Waals surface area contributed by atoms with Crippen LogP contribution < -0.4 is 0 Å². The number of carbonyl (C=O) groups is 2. The van der Waals surface area contributed by atoms with Gasteiger partial charge in [0.15, 0.2) is 0 Å². The highest BCUT2D eigenvalue weighted by Crippen LogP contribution is 2.39. The van der Waals surface area contributed by atoms with Crippen molar-refractivity contribution in [2.75, 3.05) is 13.1 Å². The van der Waals surface area contributed by atoms with Gasteiger partial charge in [0.05, 0.1) is 5.56 Å². The first-order chi connectivity index (χ1) is 11.5. The van der Waals surface area contributed by atoms with Crippen molar-refractivity contribution in [1.29, 1.82) is 0 Å². The highest BCUT2D eigenvalue weighted by Gasteiger charge is 2.45. The van der Waals surface area contributed by atoms with Crippen molar-refractivity contribution in [2.24, 2.45) is 5.92 Å². The summed E-state index contributed by atoms with van der Waals surface area (Å²) in [5, 5.41) is 10.4. The summed E-state index contributed by atoms with van der Waals surface area (Å²) < 4.78 is 0. The third-order valence-corrected chi connectivity index (χ3v) is 5.72. The number of halogens is 1. The Hall–Kier alpha value is -1.75. The third kappa shape index (κ3) is 2.75. The number of rotatable bonds is 2. The second-order valence-electron chi connectivity index (χ2n) is 7.10. The van der Waals surface area contributed by atoms with Crippen LogP contribution in [0.4, 0.5) is 0 Å². The van der Waals surface area contributed by atoms with Gasteiger partial charge >= 0.3 is 0 Å². The van der Waals surface area contributed by atoms with Gasteiger partial charge < -0.3 is 14.9 Å². The van der Waals surface area contributed by atoms with E-state index in [-0.39, 0.29) is 23.6 Å². The van der Waals surface area contributed by atoms with Crippen molar-refractivity contribution in [2.45, 2.75) is 44.2 Å². The number of phenolic OH excluding ortho intramolecular Hbond substituents is 1. The van der Waals surface area contributed by atoms with Crippen LogP contribution in [0.2, 0.25) is 5.02 Å². The summed E-state index contributed by atoms with van der Waals surface area (Å²) in [5.74, 6) is 0.398. The zero-order valence-corrected chi connectivity index (χ0v) is 14.2. The average molecular weight is 349 g/mol. The van der Waals surface area contributed by atoms with E-state index in [1.807, 2.05) is 4.90 Å². The minimum atomic E-state index is -0.155. The molecule has 2 atom stereocenters. The zero-order valence-electron chi connectivity index (χ0n) is 13.4. The van der Waals surface area contributed by atoms with Crippen LogP contribution in [0.3, 0.4) is 0 Å². The van der Waals surface area contributed by atoms with E-state index in [0.29, 0.717) is 42.1 Å². The van der Waals surface area contributed by atoms with Crippen LogP contribution in [0.15, 0.2) is 18.2 Å². The Labute approximate surface area is 146 Å². The summed E-state index contributed by atoms with van der Waals surface area (Å²) in [6.45, 7) is 1.28. The molecule has 128 valence electrons. The van der Waals surface area contributed by atoms with Gasteiger partial charge in [-0.25, -0.2) is 0 Å². The first-order valence-electron chi connectivity index (χ1n) is 8.63. The lowest BCUT2D eigenvalue weighted by atomic mass is 9.83. The van der Waals surface area contributed by atoms with Gasteiger partial charge in [-0.1, -0.05) is 11.6 Å². The van der Waals surface area contributed by atoms with E-state index < -0.39 is 0 Å². The van der Waals surface area contributed by atoms with Gasteiger partial charge in [-0.2, -0.15) is 0 Å². The van der Waals surface area contributed by atoms with Gasteiger partial charge in [-0.3, -0.25) is 9.59 Å². The number of carbonyl (C=O) groups excluding carboxylic acids is 2. The summed E-state index contributed by atoms with van der Waals surface area (Å²) in [4.78, 5) is 28.9. The minimum Gasteiger partial charge on any atom is -0.507 e. The van der Waals surface area contributed by atoms with Crippen LogP contribution in [0, 0.1) is 5.92 Å². The molecule has 1 saturated carbocycles. The quantitative estimate of drug-likeness (QED) is 0.893. The molecule has 24 heavy (non-hydrogen) atoms. The monoisotopic (exact) mass is 348 g/mol. The van der Waals surface area contributed by atoms with E-state index >= 15 is 0 Å². The smallest absolute Gasteiger partial charge is 0.257 e. The largest absolute Gasteiger partial charge is 0.507 e. The Kier molecular flexibility index (Phi) is 3.91. The Morgan fingerprint density at radius 3 is 2.71 bits per heavy atom. The molecule has 5 nitrogen and oxygen atoms in total. The number of aromatic hydroxyl groups is 1. The minimum absolute atomic E-state index is 0.0759. The lowest BCUT2D eigenvalue weighted by molar-refractivity contribution is -0.141. The number of nitrogens with zero attached hydrogens (tertiary/aromatic N) is 2. The van der Waals surface area contributed by atoms with Crippen LogP contribution >= 0.6 is 11.6 Å². The number of piperidine rings is 2. The fraction of sp³-hybridized carbons (Fsp3) is 0.556. The van der Waals surface area contributed by atoms with Crippen molar-refractivity contribution in [3.05, 3.63) is 28.8 Å².